The fourth-order valence-electron chi connectivity index (χ4n) is 5.93. The molecular formula is C21H30N2O4. The first-order chi connectivity index (χ1) is 12.8. The van der Waals surface area contributed by atoms with Crippen LogP contribution in [-0.4, -0.2) is 28.7 Å². The van der Waals surface area contributed by atoms with Crippen LogP contribution in [0.2, 0.25) is 0 Å². The first-order valence-electron chi connectivity index (χ1n) is 10.3. The lowest BCUT2D eigenvalue weighted by molar-refractivity contribution is -0.134. The zero-order valence-electron chi connectivity index (χ0n) is 16.7. The molecule has 1 aromatic heterocycles. The Bertz CT molecular complexity index is 716. The quantitative estimate of drug-likeness (QED) is 0.794. The van der Waals surface area contributed by atoms with Gasteiger partial charge in [-0.25, -0.2) is 4.79 Å². The molecule has 1 aromatic rings. The molecule has 0 spiro atoms. The number of ether oxygens (including phenoxy) is 1. The molecule has 148 valence electrons. The van der Waals surface area contributed by atoms with Gasteiger partial charge >= 0.3 is 5.97 Å². The maximum atomic E-state index is 12.8. The predicted octanol–water partition coefficient (Wildman–Crippen LogP) is 3.74. The first kappa shape index (κ1) is 18.5. The van der Waals surface area contributed by atoms with Gasteiger partial charge in [0.1, 0.15) is 5.56 Å². The largest absolute Gasteiger partial charge is 0.449 e. The van der Waals surface area contributed by atoms with E-state index in [1.807, 2.05) is 13.8 Å². The molecule has 4 saturated carbocycles. The van der Waals surface area contributed by atoms with Crippen LogP contribution in [0.1, 0.15) is 87.0 Å². The lowest BCUT2D eigenvalue weighted by atomic mass is 9.53. The van der Waals surface area contributed by atoms with Gasteiger partial charge in [-0.05, 0) is 70.1 Å². The molecule has 0 radical (unpaired) electrons. The predicted molar refractivity (Wildman–Crippen MR) is 99.3 cm³/mol. The van der Waals surface area contributed by atoms with Gasteiger partial charge in [-0.1, -0.05) is 19.0 Å². The van der Waals surface area contributed by atoms with E-state index < -0.39 is 12.1 Å². The molecule has 1 atom stereocenters. The lowest BCUT2D eigenvalue weighted by Gasteiger charge is -2.57. The van der Waals surface area contributed by atoms with E-state index in [9.17, 15) is 9.59 Å². The van der Waals surface area contributed by atoms with Gasteiger partial charge in [0, 0.05) is 11.5 Å². The summed E-state index contributed by atoms with van der Waals surface area (Å²) in [6, 6.07) is 0. The molecule has 0 aliphatic heterocycles. The van der Waals surface area contributed by atoms with Crippen molar-refractivity contribution in [2.75, 3.05) is 0 Å². The maximum Gasteiger partial charge on any atom is 0.344 e. The second-order valence-electron chi connectivity index (χ2n) is 9.40. The minimum atomic E-state index is -0.834. The van der Waals surface area contributed by atoms with Crippen LogP contribution in [-0.2, 0) is 9.53 Å². The molecule has 1 N–H and O–H groups in total. The molecule has 5 rings (SSSR count). The Balaban J connectivity index is 1.42. The molecular weight excluding hydrogens is 344 g/mol. The molecule has 4 fully saturated rings. The number of aryl methyl sites for hydroxylation is 1. The number of esters is 1. The van der Waals surface area contributed by atoms with Crippen LogP contribution in [0, 0.1) is 24.7 Å². The van der Waals surface area contributed by atoms with Crippen molar-refractivity contribution >= 4 is 11.9 Å². The SMILES string of the molecule is Cc1noc(C(C)C)c1C(=O)O[C@H](C)C(=O)NC12CC3CC(CC(C3)C1)C2. The Morgan fingerprint density at radius 2 is 1.67 bits per heavy atom. The number of carbonyl (C=O) groups is 2. The van der Waals surface area contributed by atoms with E-state index >= 15 is 0 Å². The number of amides is 1. The van der Waals surface area contributed by atoms with Crippen LogP contribution in [0.25, 0.3) is 0 Å². The molecule has 6 nitrogen and oxygen atoms in total. The number of hydrogen-bond acceptors (Lipinski definition) is 5. The monoisotopic (exact) mass is 374 g/mol. The summed E-state index contributed by atoms with van der Waals surface area (Å²) in [5.41, 5.74) is 0.764. The third kappa shape index (κ3) is 3.39. The summed E-state index contributed by atoms with van der Waals surface area (Å²) < 4.78 is 10.8. The Labute approximate surface area is 160 Å². The summed E-state index contributed by atoms with van der Waals surface area (Å²) in [6.45, 7) is 7.22. The van der Waals surface area contributed by atoms with E-state index in [0.29, 0.717) is 17.0 Å². The Hall–Kier alpha value is -1.85. The van der Waals surface area contributed by atoms with Crippen LogP contribution in [0.15, 0.2) is 4.52 Å². The van der Waals surface area contributed by atoms with Gasteiger partial charge in [0.2, 0.25) is 0 Å². The van der Waals surface area contributed by atoms with Gasteiger partial charge in [0.25, 0.3) is 5.91 Å². The highest BCUT2D eigenvalue weighted by Gasteiger charge is 2.51. The third-order valence-corrected chi connectivity index (χ3v) is 6.70. The molecule has 4 aliphatic rings. The normalized spacial score (nSPS) is 32.6. The Morgan fingerprint density at radius 1 is 1.11 bits per heavy atom. The van der Waals surface area contributed by atoms with Crippen molar-refractivity contribution in [2.24, 2.45) is 17.8 Å². The Morgan fingerprint density at radius 3 is 2.19 bits per heavy atom. The third-order valence-electron chi connectivity index (χ3n) is 6.70. The lowest BCUT2D eigenvalue weighted by Crippen LogP contribution is -2.61. The van der Waals surface area contributed by atoms with Crippen LogP contribution in [0.3, 0.4) is 0 Å². The minimum absolute atomic E-state index is 0.0184. The molecule has 6 heteroatoms. The van der Waals surface area contributed by atoms with Crippen LogP contribution >= 0.6 is 0 Å². The number of nitrogens with one attached hydrogen (secondary N) is 1. The van der Waals surface area contributed by atoms with Gasteiger partial charge in [-0.3, -0.25) is 4.79 Å². The zero-order chi connectivity index (χ0) is 19.3. The topological polar surface area (TPSA) is 81.4 Å². The fraction of sp³-hybridized carbons (Fsp3) is 0.762. The van der Waals surface area contributed by atoms with E-state index in [1.54, 1.807) is 13.8 Å². The van der Waals surface area contributed by atoms with Crippen LogP contribution in [0.5, 0.6) is 0 Å². The minimum Gasteiger partial charge on any atom is -0.449 e. The van der Waals surface area contributed by atoms with E-state index in [1.165, 1.54) is 19.3 Å². The number of aromatic nitrogens is 1. The smallest absolute Gasteiger partial charge is 0.344 e. The average Bonchev–Trinajstić information content (AvgIpc) is 2.95. The highest BCUT2D eigenvalue weighted by atomic mass is 16.5. The number of nitrogens with zero attached hydrogens (tertiary/aromatic N) is 1. The maximum absolute atomic E-state index is 12.8. The van der Waals surface area contributed by atoms with E-state index in [2.05, 4.69) is 10.5 Å². The van der Waals surface area contributed by atoms with Gasteiger partial charge in [0.15, 0.2) is 11.9 Å². The fourth-order valence-corrected chi connectivity index (χ4v) is 5.93. The number of hydrogen-bond donors (Lipinski definition) is 1. The zero-order valence-corrected chi connectivity index (χ0v) is 16.7. The molecule has 27 heavy (non-hydrogen) atoms. The second kappa shape index (κ2) is 6.64. The standard InChI is InChI=1S/C21H30N2O4/c1-11(2)18-17(12(3)23-27-18)20(25)26-13(4)19(24)22-21-8-14-5-15(9-21)7-16(6-14)10-21/h11,13-16H,5-10H2,1-4H3,(H,22,24)/t13-,14?,15?,16?,21?/m1/s1. The number of rotatable bonds is 5. The molecule has 1 amide bonds. The van der Waals surface area contributed by atoms with Crippen LogP contribution in [0.4, 0.5) is 0 Å². The van der Waals surface area contributed by atoms with E-state index in [0.717, 1.165) is 37.0 Å². The van der Waals surface area contributed by atoms with Gasteiger partial charge in [-0.2, -0.15) is 0 Å². The second-order valence-corrected chi connectivity index (χ2v) is 9.40. The molecule has 4 bridgehead atoms. The summed E-state index contributed by atoms with van der Waals surface area (Å²) in [6.07, 6.45) is 6.37. The summed E-state index contributed by atoms with van der Waals surface area (Å²) >= 11 is 0. The summed E-state index contributed by atoms with van der Waals surface area (Å²) in [4.78, 5) is 25.4. The van der Waals surface area contributed by atoms with Crippen molar-refractivity contribution in [2.45, 2.75) is 83.8 Å². The summed E-state index contributed by atoms with van der Waals surface area (Å²) in [5, 5.41) is 7.15. The molecule has 0 aromatic carbocycles. The molecule has 4 aliphatic carbocycles. The van der Waals surface area contributed by atoms with Gasteiger partial charge in [-0.15, -0.1) is 0 Å². The van der Waals surface area contributed by atoms with Gasteiger partial charge in [0.05, 0.1) is 5.69 Å². The van der Waals surface area contributed by atoms with E-state index in [-0.39, 0.29) is 17.4 Å². The summed E-state index contributed by atoms with van der Waals surface area (Å²) in [5.74, 6) is 2.06. The average molecular weight is 374 g/mol. The van der Waals surface area contributed by atoms with Crippen molar-refractivity contribution in [3.63, 3.8) is 0 Å². The molecule has 1 heterocycles. The Kier molecular flexibility index (Phi) is 4.55. The highest BCUT2D eigenvalue weighted by Crippen LogP contribution is 2.55. The highest BCUT2D eigenvalue weighted by molar-refractivity contribution is 5.94. The van der Waals surface area contributed by atoms with Crippen molar-refractivity contribution in [1.82, 2.24) is 10.5 Å². The summed E-state index contributed by atoms with van der Waals surface area (Å²) in [7, 11) is 0. The van der Waals surface area contributed by atoms with Crippen molar-refractivity contribution in [1.29, 1.82) is 0 Å². The van der Waals surface area contributed by atoms with Crippen LogP contribution < -0.4 is 5.32 Å². The number of carbonyl (C=O) groups excluding carboxylic acids is 2. The first-order valence-corrected chi connectivity index (χ1v) is 10.3. The van der Waals surface area contributed by atoms with Gasteiger partial charge < -0.3 is 14.6 Å². The molecule has 0 unspecified atom stereocenters. The van der Waals surface area contributed by atoms with Crippen molar-refractivity contribution < 1.29 is 18.8 Å². The van der Waals surface area contributed by atoms with Crippen molar-refractivity contribution in [3.8, 4) is 0 Å². The van der Waals surface area contributed by atoms with Crippen molar-refractivity contribution in [3.05, 3.63) is 17.0 Å². The van der Waals surface area contributed by atoms with E-state index in [4.69, 9.17) is 9.26 Å². The molecule has 0 saturated heterocycles.